The zero-order valence-corrected chi connectivity index (χ0v) is 19.2. The van der Waals surface area contributed by atoms with E-state index < -0.39 is 26.7 Å². The second kappa shape index (κ2) is 7.94. The van der Waals surface area contributed by atoms with Crippen LogP contribution in [0.3, 0.4) is 0 Å². The lowest BCUT2D eigenvalue weighted by molar-refractivity contribution is 0.0779. The fourth-order valence-corrected chi connectivity index (χ4v) is 5.20. The van der Waals surface area contributed by atoms with Gasteiger partial charge in [-0.15, -0.1) is 0 Å². The predicted molar refractivity (Wildman–Crippen MR) is 118 cm³/mol. The molecule has 0 aliphatic heterocycles. The maximum atomic E-state index is 12.8. The lowest BCUT2D eigenvalue weighted by Crippen LogP contribution is -2.35. The maximum absolute atomic E-state index is 12.8. The van der Waals surface area contributed by atoms with Gasteiger partial charge in [0, 0.05) is 17.3 Å². The molecule has 9 heteroatoms. The lowest BCUT2D eigenvalue weighted by atomic mass is 9.88. The van der Waals surface area contributed by atoms with Gasteiger partial charge >= 0.3 is 6.03 Å². The number of furan rings is 1. The zero-order chi connectivity index (χ0) is 23.3. The number of anilines is 1. The van der Waals surface area contributed by atoms with Crippen molar-refractivity contribution in [3.05, 3.63) is 46.2 Å². The van der Waals surface area contributed by atoms with E-state index in [1.165, 1.54) is 19.9 Å². The summed E-state index contributed by atoms with van der Waals surface area (Å²) >= 11 is 0. The molecule has 2 aliphatic rings. The fraction of sp³-hybridized carbons (Fsp3) is 0.478. The van der Waals surface area contributed by atoms with Gasteiger partial charge in [-0.05, 0) is 80.5 Å². The highest BCUT2D eigenvalue weighted by molar-refractivity contribution is 7.89. The van der Waals surface area contributed by atoms with Crippen LogP contribution in [-0.2, 0) is 28.5 Å². The molecule has 0 saturated heterocycles. The number of fused-ring (bicyclic) bond motifs is 1. The van der Waals surface area contributed by atoms with Gasteiger partial charge in [-0.3, -0.25) is 0 Å². The normalized spacial score (nSPS) is 16.8. The van der Waals surface area contributed by atoms with Crippen LogP contribution >= 0.6 is 0 Å². The summed E-state index contributed by atoms with van der Waals surface area (Å²) in [7, 11) is -4.28. The fourth-order valence-electron chi connectivity index (χ4n) is 4.35. The highest BCUT2D eigenvalue weighted by Crippen LogP contribution is 2.47. The van der Waals surface area contributed by atoms with Crippen LogP contribution in [0, 0.1) is 17.2 Å². The number of carbonyl (C=O) groups excluding carboxylic acids is 1. The van der Waals surface area contributed by atoms with Crippen molar-refractivity contribution in [2.24, 2.45) is 5.92 Å². The molecule has 2 aromatic rings. The van der Waals surface area contributed by atoms with E-state index in [0.717, 1.165) is 55.1 Å². The van der Waals surface area contributed by atoms with Gasteiger partial charge in [0.15, 0.2) is 0 Å². The summed E-state index contributed by atoms with van der Waals surface area (Å²) in [5.41, 5.74) is 2.97. The molecule has 0 unspecified atom stereocenters. The van der Waals surface area contributed by atoms with Crippen LogP contribution in [0.25, 0.3) is 0 Å². The summed E-state index contributed by atoms with van der Waals surface area (Å²) in [6.45, 7) is 5.08. The number of hydrogen-bond donors (Lipinski definition) is 3. The molecule has 170 valence electrons. The summed E-state index contributed by atoms with van der Waals surface area (Å²) in [6.07, 6.45) is 5.72. The molecular weight excluding hydrogens is 430 g/mol. The Morgan fingerprint density at radius 3 is 2.56 bits per heavy atom. The van der Waals surface area contributed by atoms with Crippen LogP contribution in [0.1, 0.15) is 73.8 Å². The molecule has 2 amide bonds. The highest BCUT2D eigenvalue weighted by atomic mass is 32.2. The van der Waals surface area contributed by atoms with Gasteiger partial charge in [0.25, 0.3) is 10.0 Å². The molecule has 1 fully saturated rings. The Labute approximate surface area is 187 Å². The molecule has 1 heterocycles. The van der Waals surface area contributed by atoms with Crippen LogP contribution in [0.2, 0.25) is 0 Å². The van der Waals surface area contributed by atoms with Gasteiger partial charge in [0.05, 0.1) is 23.5 Å². The monoisotopic (exact) mass is 457 g/mol. The standard InChI is InChI=1S/C23H27N3O5S/c1-13(14-7-8-14)19-9-15(11-24)17-5-4-6-18(17)21(19)25-22(27)26-32(29,30)20-10-16(12-31-20)23(2,3)28/h9-10,12-14,28H,4-8H2,1-3H3,(H2,25,26,27)/t13-/m0/s1. The van der Waals surface area contributed by atoms with Gasteiger partial charge in [-0.25, -0.2) is 9.52 Å². The second-order valence-corrected chi connectivity index (χ2v) is 10.8. The van der Waals surface area contributed by atoms with Crippen LogP contribution in [0.4, 0.5) is 10.5 Å². The van der Waals surface area contributed by atoms with Gasteiger partial charge in [-0.1, -0.05) is 6.92 Å². The van der Waals surface area contributed by atoms with Gasteiger partial charge in [0.1, 0.15) is 0 Å². The first-order valence-corrected chi connectivity index (χ1v) is 12.2. The van der Waals surface area contributed by atoms with E-state index in [-0.39, 0.29) is 11.5 Å². The zero-order valence-electron chi connectivity index (χ0n) is 18.4. The molecular formula is C23H27N3O5S. The first-order chi connectivity index (χ1) is 15.0. The lowest BCUT2D eigenvalue weighted by Gasteiger charge is -2.21. The minimum absolute atomic E-state index is 0.152. The Hall–Kier alpha value is -2.83. The molecule has 0 spiro atoms. The average Bonchev–Trinajstić information content (AvgIpc) is 3.21. The Balaban J connectivity index is 1.62. The van der Waals surface area contributed by atoms with E-state index in [1.54, 1.807) is 0 Å². The van der Waals surface area contributed by atoms with E-state index in [0.29, 0.717) is 17.2 Å². The number of urea groups is 1. The van der Waals surface area contributed by atoms with Gasteiger partial charge < -0.3 is 14.8 Å². The first kappa shape index (κ1) is 22.4. The molecule has 0 radical (unpaired) electrons. The second-order valence-electron chi connectivity index (χ2n) is 9.21. The van der Waals surface area contributed by atoms with Crippen LogP contribution in [0.15, 0.2) is 27.9 Å². The molecule has 8 nitrogen and oxygen atoms in total. The van der Waals surface area contributed by atoms with Crippen LogP contribution in [-0.4, -0.2) is 19.6 Å². The van der Waals surface area contributed by atoms with E-state index in [4.69, 9.17) is 4.42 Å². The minimum atomic E-state index is -4.28. The Morgan fingerprint density at radius 1 is 1.28 bits per heavy atom. The molecule has 1 aromatic heterocycles. The van der Waals surface area contributed by atoms with E-state index in [9.17, 15) is 23.6 Å². The third kappa shape index (κ3) is 4.25. The largest absolute Gasteiger partial charge is 0.451 e. The molecule has 1 saturated carbocycles. The Morgan fingerprint density at radius 2 is 1.97 bits per heavy atom. The molecule has 32 heavy (non-hydrogen) atoms. The number of nitriles is 1. The van der Waals surface area contributed by atoms with Crippen LogP contribution < -0.4 is 10.0 Å². The minimum Gasteiger partial charge on any atom is -0.451 e. The number of hydrogen-bond acceptors (Lipinski definition) is 6. The Bertz CT molecular complexity index is 1210. The topological polar surface area (TPSA) is 132 Å². The third-order valence-corrected chi connectivity index (χ3v) is 7.58. The summed E-state index contributed by atoms with van der Waals surface area (Å²) in [5.74, 6) is 0.649. The molecule has 3 N–H and O–H groups in total. The van der Waals surface area contributed by atoms with Gasteiger partial charge in [0.2, 0.25) is 5.09 Å². The van der Waals surface area contributed by atoms with E-state index in [2.05, 4.69) is 18.3 Å². The Kier molecular flexibility index (Phi) is 5.55. The molecule has 2 aliphatic carbocycles. The number of amides is 2. The third-order valence-electron chi connectivity index (χ3n) is 6.39. The van der Waals surface area contributed by atoms with Crippen molar-refractivity contribution in [1.29, 1.82) is 5.26 Å². The van der Waals surface area contributed by atoms with Crippen molar-refractivity contribution in [3.8, 4) is 6.07 Å². The number of nitrogens with one attached hydrogen (secondary N) is 2. The number of nitrogens with zero attached hydrogens (tertiary/aromatic N) is 1. The first-order valence-electron chi connectivity index (χ1n) is 10.7. The molecule has 1 atom stereocenters. The predicted octanol–water partition coefficient (Wildman–Crippen LogP) is 3.89. The van der Waals surface area contributed by atoms with Crippen molar-refractivity contribution in [3.63, 3.8) is 0 Å². The van der Waals surface area contributed by atoms with Crippen LogP contribution in [0.5, 0.6) is 0 Å². The van der Waals surface area contributed by atoms with Crippen molar-refractivity contribution < 1.29 is 22.7 Å². The molecule has 0 bridgehead atoms. The maximum Gasteiger partial charge on any atom is 0.333 e. The van der Waals surface area contributed by atoms with E-state index >= 15 is 0 Å². The SMILES string of the molecule is C[C@H](c1cc(C#N)c2c(c1NC(=O)NS(=O)(=O)c1cc(C(C)(C)O)co1)CCC2)C1CC1. The number of carbonyl (C=O) groups is 1. The summed E-state index contributed by atoms with van der Waals surface area (Å²) < 4.78 is 32.4. The summed E-state index contributed by atoms with van der Waals surface area (Å²) in [4.78, 5) is 12.8. The quantitative estimate of drug-likeness (QED) is 0.603. The number of sulfonamides is 1. The smallest absolute Gasteiger partial charge is 0.333 e. The van der Waals surface area contributed by atoms with E-state index in [1.807, 2.05) is 10.8 Å². The molecule has 1 aromatic carbocycles. The van der Waals surface area contributed by atoms with Crippen molar-refractivity contribution >= 4 is 21.7 Å². The summed E-state index contributed by atoms with van der Waals surface area (Å²) in [5, 5.41) is 21.9. The van der Waals surface area contributed by atoms with Crippen molar-refractivity contribution in [2.45, 2.75) is 69.5 Å². The van der Waals surface area contributed by atoms with Crippen molar-refractivity contribution in [1.82, 2.24) is 4.72 Å². The van der Waals surface area contributed by atoms with Crippen molar-refractivity contribution in [2.75, 3.05) is 5.32 Å². The molecule has 4 rings (SSSR count). The summed E-state index contributed by atoms with van der Waals surface area (Å²) in [6, 6.07) is 4.42. The number of benzene rings is 1. The number of aliphatic hydroxyl groups is 1. The number of rotatable bonds is 6. The highest BCUT2D eigenvalue weighted by Gasteiger charge is 2.34. The van der Waals surface area contributed by atoms with Gasteiger partial charge in [-0.2, -0.15) is 13.7 Å². The average molecular weight is 458 g/mol.